The molecule has 0 saturated carbocycles. The fourth-order valence-corrected chi connectivity index (χ4v) is 1.98. The molecule has 16 heavy (non-hydrogen) atoms. The molecule has 4 nitrogen and oxygen atoms in total. The lowest BCUT2D eigenvalue weighted by Crippen LogP contribution is -2.35. The molecule has 0 saturated heterocycles. The molecule has 7 heteroatoms. The Bertz CT molecular complexity index is 476. The molecule has 1 aromatic carbocycles. The van der Waals surface area contributed by atoms with Gasteiger partial charge in [0.05, 0.1) is 0 Å². The minimum absolute atomic E-state index is 0.0776. The van der Waals surface area contributed by atoms with Crippen molar-refractivity contribution < 1.29 is 12.8 Å². The monoisotopic (exact) mass is 310 g/mol. The van der Waals surface area contributed by atoms with Crippen LogP contribution in [0.2, 0.25) is 0 Å². The van der Waals surface area contributed by atoms with Gasteiger partial charge in [-0.25, -0.2) is 4.39 Å². The normalized spacial score (nSPS) is 12.1. The first-order valence-electron chi connectivity index (χ1n) is 4.44. The van der Waals surface area contributed by atoms with Crippen LogP contribution < -0.4 is 4.72 Å². The van der Waals surface area contributed by atoms with Crippen molar-refractivity contribution in [2.75, 3.05) is 14.1 Å². The zero-order valence-electron chi connectivity index (χ0n) is 8.87. The van der Waals surface area contributed by atoms with Crippen molar-refractivity contribution in [2.24, 2.45) is 0 Å². The Morgan fingerprint density at radius 1 is 1.44 bits per heavy atom. The van der Waals surface area contributed by atoms with E-state index < -0.39 is 16.0 Å². The zero-order valence-corrected chi connectivity index (χ0v) is 11.3. The Kier molecular flexibility index (Phi) is 4.43. The highest BCUT2D eigenvalue weighted by Crippen LogP contribution is 2.15. The van der Waals surface area contributed by atoms with Crippen LogP contribution in [0.15, 0.2) is 22.7 Å². The van der Waals surface area contributed by atoms with Gasteiger partial charge < -0.3 is 0 Å². The molecule has 0 aromatic heterocycles. The fraction of sp³-hybridized carbons (Fsp3) is 0.333. The van der Waals surface area contributed by atoms with Gasteiger partial charge in [-0.2, -0.15) is 17.4 Å². The van der Waals surface area contributed by atoms with E-state index in [4.69, 9.17) is 0 Å². The van der Waals surface area contributed by atoms with Gasteiger partial charge in [0.1, 0.15) is 5.82 Å². The summed E-state index contributed by atoms with van der Waals surface area (Å²) < 4.78 is 40.1. The molecular formula is C9H12BrFN2O2S. The highest BCUT2D eigenvalue weighted by Gasteiger charge is 2.13. The van der Waals surface area contributed by atoms with Crippen LogP contribution in [0.25, 0.3) is 0 Å². The number of nitrogens with zero attached hydrogens (tertiary/aromatic N) is 1. The maximum Gasteiger partial charge on any atom is 0.279 e. The Balaban J connectivity index is 2.79. The predicted molar refractivity (Wildman–Crippen MR) is 63.5 cm³/mol. The standard InChI is InChI=1S/C9H12BrFN2O2S/c1-13(2)16(14,15)12-6-7-5-8(10)3-4-9(7)11/h3-5,12H,6H2,1-2H3. The van der Waals surface area contributed by atoms with E-state index in [1.165, 1.54) is 26.2 Å². The van der Waals surface area contributed by atoms with E-state index in [9.17, 15) is 12.8 Å². The van der Waals surface area contributed by atoms with Gasteiger partial charge in [0.15, 0.2) is 0 Å². The van der Waals surface area contributed by atoms with Crippen molar-refractivity contribution in [3.05, 3.63) is 34.1 Å². The molecule has 0 atom stereocenters. The van der Waals surface area contributed by atoms with Crippen LogP contribution in [0.4, 0.5) is 4.39 Å². The molecule has 1 N–H and O–H groups in total. The fourth-order valence-electron chi connectivity index (χ4n) is 0.977. The SMILES string of the molecule is CN(C)S(=O)(=O)NCc1cc(Br)ccc1F. The van der Waals surface area contributed by atoms with Crippen molar-refractivity contribution in [1.82, 2.24) is 9.03 Å². The van der Waals surface area contributed by atoms with Gasteiger partial charge in [0.2, 0.25) is 0 Å². The molecule has 0 aliphatic rings. The highest BCUT2D eigenvalue weighted by atomic mass is 79.9. The van der Waals surface area contributed by atoms with Crippen LogP contribution in [-0.2, 0) is 16.8 Å². The molecule has 0 heterocycles. The number of benzene rings is 1. The second-order valence-corrected chi connectivity index (χ2v) is 6.23. The summed E-state index contributed by atoms with van der Waals surface area (Å²) in [6.07, 6.45) is 0. The van der Waals surface area contributed by atoms with E-state index in [2.05, 4.69) is 20.7 Å². The number of nitrogens with one attached hydrogen (secondary N) is 1. The van der Waals surface area contributed by atoms with E-state index in [1.54, 1.807) is 6.07 Å². The number of halogens is 2. The molecular weight excluding hydrogens is 299 g/mol. The van der Waals surface area contributed by atoms with Gasteiger partial charge in [-0.1, -0.05) is 15.9 Å². The van der Waals surface area contributed by atoms with Crippen molar-refractivity contribution in [1.29, 1.82) is 0 Å². The third kappa shape index (κ3) is 3.51. The molecule has 1 aromatic rings. The molecule has 1 rings (SSSR count). The Labute approximate surface area is 103 Å². The molecule has 0 amide bonds. The Morgan fingerprint density at radius 3 is 2.62 bits per heavy atom. The topological polar surface area (TPSA) is 49.4 Å². The van der Waals surface area contributed by atoms with Gasteiger partial charge in [-0.05, 0) is 18.2 Å². The predicted octanol–water partition coefficient (Wildman–Crippen LogP) is 1.48. The summed E-state index contributed by atoms with van der Waals surface area (Å²) in [5.74, 6) is -0.440. The number of hydrogen-bond donors (Lipinski definition) is 1. The minimum Gasteiger partial charge on any atom is -0.207 e. The summed E-state index contributed by atoms with van der Waals surface area (Å²) >= 11 is 3.19. The third-order valence-electron chi connectivity index (χ3n) is 1.93. The van der Waals surface area contributed by atoms with Gasteiger partial charge in [-0.15, -0.1) is 0 Å². The van der Waals surface area contributed by atoms with Crippen molar-refractivity contribution >= 4 is 26.1 Å². The van der Waals surface area contributed by atoms with Gasteiger partial charge in [-0.3, -0.25) is 0 Å². The largest absolute Gasteiger partial charge is 0.279 e. The Morgan fingerprint density at radius 2 is 2.06 bits per heavy atom. The van der Waals surface area contributed by atoms with Crippen LogP contribution in [0, 0.1) is 5.82 Å². The van der Waals surface area contributed by atoms with E-state index in [0.29, 0.717) is 10.0 Å². The van der Waals surface area contributed by atoms with Crippen LogP contribution in [0.3, 0.4) is 0 Å². The summed E-state index contributed by atoms with van der Waals surface area (Å²) in [6, 6.07) is 4.37. The van der Waals surface area contributed by atoms with Crippen LogP contribution >= 0.6 is 15.9 Å². The number of hydrogen-bond acceptors (Lipinski definition) is 2. The molecule has 0 spiro atoms. The molecule has 0 aliphatic carbocycles. The third-order valence-corrected chi connectivity index (χ3v) is 3.90. The van der Waals surface area contributed by atoms with Crippen LogP contribution in [0.1, 0.15) is 5.56 Å². The van der Waals surface area contributed by atoms with E-state index in [-0.39, 0.29) is 6.54 Å². The molecule has 0 aliphatic heterocycles. The summed E-state index contributed by atoms with van der Waals surface area (Å²) in [5, 5.41) is 0. The smallest absolute Gasteiger partial charge is 0.207 e. The summed E-state index contributed by atoms with van der Waals surface area (Å²) in [7, 11) is -0.720. The van der Waals surface area contributed by atoms with Crippen molar-refractivity contribution in [3.63, 3.8) is 0 Å². The van der Waals surface area contributed by atoms with Gasteiger partial charge in [0.25, 0.3) is 10.2 Å². The first-order valence-corrected chi connectivity index (χ1v) is 6.67. The van der Waals surface area contributed by atoms with Crippen LogP contribution in [-0.4, -0.2) is 26.8 Å². The zero-order chi connectivity index (χ0) is 12.3. The molecule has 0 radical (unpaired) electrons. The lowest BCUT2D eigenvalue weighted by molar-refractivity contribution is 0.503. The van der Waals surface area contributed by atoms with E-state index >= 15 is 0 Å². The summed E-state index contributed by atoms with van der Waals surface area (Å²) in [4.78, 5) is 0. The molecule has 0 unspecified atom stereocenters. The lowest BCUT2D eigenvalue weighted by atomic mass is 10.2. The average Bonchev–Trinajstić information content (AvgIpc) is 2.19. The second-order valence-electron chi connectivity index (χ2n) is 3.34. The molecule has 0 bridgehead atoms. The maximum absolute atomic E-state index is 13.3. The first-order chi connectivity index (χ1) is 7.33. The summed E-state index contributed by atoms with van der Waals surface area (Å²) in [5.41, 5.74) is 0.291. The van der Waals surface area contributed by atoms with Crippen LogP contribution in [0.5, 0.6) is 0 Å². The molecule has 90 valence electrons. The Hall–Kier alpha value is -0.500. The van der Waals surface area contributed by atoms with E-state index in [0.717, 1.165) is 4.31 Å². The average molecular weight is 311 g/mol. The quantitative estimate of drug-likeness (QED) is 0.916. The first kappa shape index (κ1) is 13.6. The minimum atomic E-state index is -3.52. The second kappa shape index (κ2) is 5.22. The lowest BCUT2D eigenvalue weighted by Gasteiger charge is -2.12. The highest BCUT2D eigenvalue weighted by molar-refractivity contribution is 9.10. The molecule has 0 fully saturated rings. The van der Waals surface area contributed by atoms with Crippen molar-refractivity contribution in [2.45, 2.75) is 6.54 Å². The maximum atomic E-state index is 13.3. The number of rotatable bonds is 4. The van der Waals surface area contributed by atoms with Gasteiger partial charge in [0, 0.05) is 30.7 Å². The van der Waals surface area contributed by atoms with Gasteiger partial charge >= 0.3 is 0 Å². The van der Waals surface area contributed by atoms with Crippen molar-refractivity contribution in [3.8, 4) is 0 Å². The van der Waals surface area contributed by atoms with E-state index in [1.807, 2.05) is 0 Å². The summed E-state index contributed by atoms with van der Waals surface area (Å²) in [6.45, 7) is -0.0776.